The van der Waals surface area contributed by atoms with Gasteiger partial charge in [0.1, 0.15) is 0 Å². The lowest BCUT2D eigenvalue weighted by molar-refractivity contribution is -0.150. The fourth-order valence-electron chi connectivity index (χ4n) is 2.24. The summed E-state index contributed by atoms with van der Waals surface area (Å²) in [5, 5.41) is 3.18. The molecule has 1 aliphatic heterocycles. The molecule has 1 rings (SSSR count). The van der Waals surface area contributed by atoms with Crippen molar-refractivity contribution in [3.8, 4) is 0 Å². The second-order valence-electron chi connectivity index (χ2n) is 4.70. The number of hydrogen-bond donors (Lipinski definition) is 1. The average molecular weight is 266 g/mol. The van der Waals surface area contributed by atoms with Gasteiger partial charge >= 0.3 is 6.18 Å². The van der Waals surface area contributed by atoms with E-state index in [-0.39, 0.29) is 11.9 Å². The molecule has 18 heavy (non-hydrogen) atoms. The van der Waals surface area contributed by atoms with Crippen LogP contribution < -0.4 is 5.32 Å². The summed E-state index contributed by atoms with van der Waals surface area (Å²) in [6.45, 7) is 4.09. The molecular formula is C12H21F3N2O. The molecule has 106 valence electrons. The molecule has 1 amide bonds. The van der Waals surface area contributed by atoms with Gasteiger partial charge in [-0.3, -0.25) is 4.79 Å². The maximum atomic E-state index is 12.1. The fourth-order valence-corrected chi connectivity index (χ4v) is 2.24. The minimum atomic E-state index is -4.25. The number of nitrogens with zero attached hydrogens (tertiary/aromatic N) is 1. The Balaban J connectivity index is 2.51. The molecule has 1 fully saturated rings. The van der Waals surface area contributed by atoms with Crippen LogP contribution in [-0.4, -0.2) is 42.7 Å². The summed E-state index contributed by atoms with van der Waals surface area (Å²) in [5.41, 5.74) is 0. The van der Waals surface area contributed by atoms with Gasteiger partial charge in [0.25, 0.3) is 0 Å². The van der Waals surface area contributed by atoms with Crippen molar-refractivity contribution in [2.45, 2.75) is 51.2 Å². The van der Waals surface area contributed by atoms with Gasteiger partial charge in [-0.2, -0.15) is 13.2 Å². The van der Waals surface area contributed by atoms with Gasteiger partial charge in [0, 0.05) is 25.6 Å². The largest absolute Gasteiger partial charge is 0.389 e. The smallest absolute Gasteiger partial charge is 0.338 e. The number of piperidine rings is 1. The maximum Gasteiger partial charge on any atom is 0.389 e. The quantitative estimate of drug-likeness (QED) is 0.828. The highest BCUT2D eigenvalue weighted by atomic mass is 19.4. The molecule has 0 spiro atoms. The second kappa shape index (κ2) is 6.97. The number of alkyl halides is 3. The minimum Gasteiger partial charge on any atom is -0.338 e. The topological polar surface area (TPSA) is 32.3 Å². The predicted octanol–water partition coefficient (Wildman–Crippen LogP) is 2.32. The van der Waals surface area contributed by atoms with E-state index in [1.54, 1.807) is 4.90 Å². The van der Waals surface area contributed by atoms with Crippen LogP contribution in [0.4, 0.5) is 13.2 Å². The number of hydrogen-bond acceptors (Lipinski definition) is 2. The zero-order chi connectivity index (χ0) is 13.6. The van der Waals surface area contributed by atoms with Gasteiger partial charge in [-0.1, -0.05) is 6.92 Å². The van der Waals surface area contributed by atoms with Gasteiger partial charge in [0.15, 0.2) is 0 Å². The Kier molecular flexibility index (Phi) is 5.91. The first-order valence-corrected chi connectivity index (χ1v) is 6.51. The molecule has 1 unspecified atom stereocenters. The van der Waals surface area contributed by atoms with E-state index in [0.29, 0.717) is 13.1 Å². The fraction of sp³-hybridized carbons (Fsp3) is 0.917. The van der Waals surface area contributed by atoms with Crippen molar-refractivity contribution in [2.24, 2.45) is 0 Å². The molecule has 1 saturated heterocycles. The van der Waals surface area contributed by atoms with Crippen LogP contribution in [0.3, 0.4) is 0 Å². The molecule has 1 aliphatic rings. The van der Waals surface area contributed by atoms with Gasteiger partial charge in [-0.15, -0.1) is 0 Å². The molecule has 1 heterocycles. The van der Waals surface area contributed by atoms with Crippen molar-refractivity contribution in [1.29, 1.82) is 0 Å². The predicted molar refractivity (Wildman–Crippen MR) is 63.2 cm³/mol. The molecule has 1 atom stereocenters. The third kappa shape index (κ3) is 5.25. The van der Waals surface area contributed by atoms with Gasteiger partial charge in [0.05, 0.1) is 6.42 Å². The average Bonchev–Trinajstić information content (AvgIpc) is 2.33. The highest BCUT2D eigenvalue weighted by molar-refractivity contribution is 5.76. The van der Waals surface area contributed by atoms with Crippen molar-refractivity contribution in [2.75, 3.05) is 19.6 Å². The molecule has 0 aromatic heterocycles. The lowest BCUT2D eigenvalue weighted by Gasteiger charge is -2.34. The zero-order valence-electron chi connectivity index (χ0n) is 10.7. The number of amides is 1. The number of rotatable bonds is 5. The van der Waals surface area contributed by atoms with Crippen LogP contribution in [-0.2, 0) is 4.79 Å². The Morgan fingerprint density at radius 3 is 2.67 bits per heavy atom. The highest BCUT2D eigenvalue weighted by Gasteiger charge is 2.31. The van der Waals surface area contributed by atoms with E-state index < -0.39 is 19.0 Å². The first kappa shape index (κ1) is 15.3. The Morgan fingerprint density at radius 1 is 1.44 bits per heavy atom. The number of halogens is 3. The van der Waals surface area contributed by atoms with E-state index in [4.69, 9.17) is 0 Å². The van der Waals surface area contributed by atoms with Gasteiger partial charge in [0.2, 0.25) is 5.91 Å². The van der Waals surface area contributed by atoms with Crippen LogP contribution in [0.5, 0.6) is 0 Å². The Morgan fingerprint density at radius 2 is 2.17 bits per heavy atom. The molecule has 3 nitrogen and oxygen atoms in total. The third-order valence-electron chi connectivity index (χ3n) is 3.12. The van der Waals surface area contributed by atoms with Crippen molar-refractivity contribution >= 4 is 5.91 Å². The third-order valence-corrected chi connectivity index (χ3v) is 3.12. The van der Waals surface area contributed by atoms with Crippen molar-refractivity contribution < 1.29 is 18.0 Å². The van der Waals surface area contributed by atoms with Gasteiger partial charge < -0.3 is 10.2 Å². The van der Waals surface area contributed by atoms with E-state index in [1.807, 2.05) is 6.92 Å². The molecular weight excluding hydrogens is 245 g/mol. The minimum absolute atomic E-state index is 0.0550. The molecule has 1 N–H and O–H groups in total. The highest BCUT2D eigenvalue weighted by Crippen LogP contribution is 2.23. The number of nitrogens with one attached hydrogen (secondary N) is 1. The van der Waals surface area contributed by atoms with Crippen LogP contribution in [0.15, 0.2) is 0 Å². The number of carbonyl (C=O) groups excluding carboxylic acids is 1. The van der Waals surface area contributed by atoms with Gasteiger partial charge in [-0.05, 0) is 25.8 Å². The molecule has 0 aromatic rings. The lowest BCUT2D eigenvalue weighted by Crippen LogP contribution is -2.49. The Bertz CT molecular complexity index is 263. The van der Waals surface area contributed by atoms with Crippen molar-refractivity contribution in [1.82, 2.24) is 10.2 Å². The standard InChI is InChI=1S/C12H21F3N2O/c1-2-8-17(10-4-3-7-16-9-10)11(18)5-6-12(13,14)15/h10,16H,2-9H2,1H3. The van der Waals surface area contributed by atoms with E-state index in [2.05, 4.69) is 5.32 Å². The summed E-state index contributed by atoms with van der Waals surface area (Å²) >= 11 is 0. The van der Waals surface area contributed by atoms with Crippen LogP contribution in [0.25, 0.3) is 0 Å². The van der Waals surface area contributed by atoms with Crippen LogP contribution in [0.2, 0.25) is 0 Å². The summed E-state index contributed by atoms with van der Waals surface area (Å²) in [6.07, 6.45) is -3.08. The van der Waals surface area contributed by atoms with Gasteiger partial charge in [-0.25, -0.2) is 0 Å². The molecule has 0 aliphatic carbocycles. The number of carbonyl (C=O) groups is 1. The summed E-state index contributed by atoms with van der Waals surface area (Å²) in [6, 6.07) is 0.0550. The van der Waals surface area contributed by atoms with Crippen molar-refractivity contribution in [3.63, 3.8) is 0 Å². The van der Waals surface area contributed by atoms with E-state index in [1.165, 1.54) is 0 Å². The summed E-state index contributed by atoms with van der Waals surface area (Å²) < 4.78 is 36.4. The van der Waals surface area contributed by atoms with E-state index in [0.717, 1.165) is 25.8 Å². The Hall–Kier alpha value is -0.780. The zero-order valence-corrected chi connectivity index (χ0v) is 10.7. The normalized spacial score (nSPS) is 20.8. The second-order valence-corrected chi connectivity index (χ2v) is 4.70. The van der Waals surface area contributed by atoms with E-state index in [9.17, 15) is 18.0 Å². The summed E-state index contributed by atoms with van der Waals surface area (Å²) in [7, 11) is 0. The molecule has 0 aromatic carbocycles. The lowest BCUT2D eigenvalue weighted by atomic mass is 10.0. The summed E-state index contributed by atoms with van der Waals surface area (Å²) in [5.74, 6) is -0.372. The first-order valence-electron chi connectivity index (χ1n) is 6.51. The molecule has 0 radical (unpaired) electrons. The van der Waals surface area contributed by atoms with Crippen LogP contribution >= 0.6 is 0 Å². The first-order chi connectivity index (χ1) is 8.44. The monoisotopic (exact) mass is 266 g/mol. The van der Waals surface area contributed by atoms with Crippen LogP contribution in [0.1, 0.15) is 39.0 Å². The Labute approximate surface area is 106 Å². The SMILES string of the molecule is CCCN(C(=O)CCC(F)(F)F)C1CCCNC1. The summed E-state index contributed by atoms with van der Waals surface area (Å²) in [4.78, 5) is 13.5. The molecule has 0 saturated carbocycles. The molecule has 6 heteroatoms. The molecule has 0 bridgehead atoms. The van der Waals surface area contributed by atoms with Crippen molar-refractivity contribution in [3.05, 3.63) is 0 Å². The maximum absolute atomic E-state index is 12.1. The van der Waals surface area contributed by atoms with E-state index >= 15 is 0 Å². The van der Waals surface area contributed by atoms with Crippen LogP contribution in [0, 0.1) is 0 Å².